The van der Waals surface area contributed by atoms with Gasteiger partial charge in [-0.1, -0.05) is 317 Å². The number of benzene rings is 17. The number of para-hydroxylation sites is 6. The van der Waals surface area contributed by atoms with Crippen LogP contribution in [-0.4, -0.2) is 63.5 Å². The Labute approximate surface area is 767 Å². The lowest BCUT2D eigenvalue weighted by atomic mass is 9.82. The molecule has 0 atom stereocenters. The molecule has 15 heteroatoms. The van der Waals surface area contributed by atoms with Gasteiger partial charge in [0.2, 0.25) is 0 Å². The highest BCUT2D eigenvalue weighted by Gasteiger charge is 2.37. The Kier molecular flexibility index (Phi) is 17.9. The molecule has 15 nitrogen and oxygen atoms in total. The maximum Gasteiger partial charge on any atom is 0.180 e. The van der Waals surface area contributed by atoms with Crippen molar-refractivity contribution in [2.45, 2.75) is 19.3 Å². The third-order valence-corrected chi connectivity index (χ3v) is 26.3. The van der Waals surface area contributed by atoms with Crippen molar-refractivity contribution in [1.82, 2.24) is 63.5 Å². The van der Waals surface area contributed by atoms with Crippen molar-refractivity contribution in [2.75, 3.05) is 0 Å². The second kappa shape index (κ2) is 31.1. The quantitative estimate of drug-likeness (QED) is 0.107. The molecule has 134 heavy (non-hydrogen) atoms. The van der Waals surface area contributed by atoms with Crippen LogP contribution in [0.25, 0.3) is 251 Å². The van der Waals surface area contributed by atoms with Crippen LogP contribution in [0.2, 0.25) is 0 Å². The van der Waals surface area contributed by atoms with Crippen molar-refractivity contribution in [3.63, 3.8) is 0 Å². The van der Waals surface area contributed by atoms with Gasteiger partial charge in [-0.15, -0.1) is 0 Å². The van der Waals surface area contributed by atoms with Gasteiger partial charge in [-0.2, -0.15) is 0 Å². The SMILES string of the molecule is CC1(C)c2ccccc2-c2cc3c(cc21)c1ccccc1n3-c1ccc(-c2nc(-c3ccccc3)c3oc4ccccc4c3n2)cc1-c1nc(-c2ccccc2)nc(-c2ccccc2)n1.c1ccc(-c2nc(-c3ccccc3)nc(-c3cc(-c4nc(-c5ccccc5)c5oc6ccccc6c5n4)ccc3-n3c4ccccc4c4cc5c(cc43)c3ccccc3n5-c3ccccc3)n2)cc1. The molecule has 0 saturated carbocycles. The molecule has 9 aromatic heterocycles. The Balaban J connectivity index is 0.000000140. The normalized spacial score (nSPS) is 12.3. The summed E-state index contributed by atoms with van der Waals surface area (Å²) in [7, 11) is 0. The van der Waals surface area contributed by atoms with Gasteiger partial charge < -0.3 is 22.5 Å². The standard InChI is InChI=1S/C61H37N7O.C58H38N6O/c1-5-19-38(20-6-1)55-57-56(45-29-15-18-32-54(45)69-57)63-60(62-55)41-33-34-51(48(35-41)61-65-58(39-21-7-2-8-22-39)64-59(66-61)40-23-9-3-10-24-40)68-50-31-17-14-28-44(50)47-36-52-46(37-53(47)68)43-27-13-16-30-49(43)67(52)42-25-11-4-12-26-42;1-58(2)45-27-15-12-24-39(45)42-34-49-43(33-46(42)58)40-25-13-16-28-47(40)64(49)48-31-30-38(56-59-51(35-18-6-3-7-19-35)53-52(60-56)41-26-14-17-29-50(41)65-53)32-44(48)57-62-54(36-20-8-4-9-21-36)61-55(63-57)37-22-10-5-11-23-37/h1-37H;3-34H,1-2H3. The number of hydrogen-bond donors (Lipinski definition) is 0. The van der Waals surface area contributed by atoms with Gasteiger partial charge in [0.1, 0.15) is 33.6 Å². The van der Waals surface area contributed by atoms with Gasteiger partial charge in [0.15, 0.2) is 57.8 Å². The first-order chi connectivity index (χ1) is 66.2. The number of rotatable bonds is 13. The van der Waals surface area contributed by atoms with Crippen LogP contribution in [0.1, 0.15) is 25.0 Å². The smallest absolute Gasteiger partial charge is 0.180 e. The van der Waals surface area contributed by atoms with Crippen LogP contribution in [0.4, 0.5) is 0 Å². The molecule has 0 bridgehead atoms. The molecule has 0 fully saturated rings. The summed E-state index contributed by atoms with van der Waals surface area (Å²) in [6.45, 7) is 4.67. The van der Waals surface area contributed by atoms with Crippen molar-refractivity contribution in [3.05, 3.63) is 430 Å². The zero-order chi connectivity index (χ0) is 88.6. The van der Waals surface area contributed by atoms with E-state index in [4.69, 9.17) is 58.7 Å². The molecule has 1 aliphatic carbocycles. The minimum atomic E-state index is -0.150. The number of aromatic nitrogens is 13. The average molecular weight is 1720 g/mol. The fourth-order valence-electron chi connectivity index (χ4n) is 19.9. The lowest BCUT2D eigenvalue weighted by Crippen LogP contribution is -2.14. The van der Waals surface area contributed by atoms with Gasteiger partial charge in [0.05, 0.1) is 44.5 Å². The van der Waals surface area contributed by atoms with E-state index in [0.29, 0.717) is 57.8 Å². The Morgan fingerprint density at radius 1 is 0.201 bits per heavy atom. The summed E-state index contributed by atoms with van der Waals surface area (Å²) >= 11 is 0. The first-order valence-corrected chi connectivity index (χ1v) is 44.9. The van der Waals surface area contributed by atoms with E-state index in [9.17, 15) is 0 Å². The van der Waals surface area contributed by atoms with Gasteiger partial charge in [-0.25, -0.2) is 49.8 Å². The predicted molar refractivity (Wildman–Crippen MR) is 540 cm³/mol. The highest BCUT2D eigenvalue weighted by atomic mass is 16.3. The first kappa shape index (κ1) is 77.1. The van der Waals surface area contributed by atoms with Gasteiger partial charge >= 0.3 is 0 Å². The summed E-state index contributed by atoms with van der Waals surface area (Å²) in [5.74, 6) is 4.48. The maximum absolute atomic E-state index is 6.51. The number of furan rings is 2. The molecule has 0 unspecified atom stereocenters. The molecule has 27 rings (SSSR count). The lowest BCUT2D eigenvalue weighted by molar-refractivity contribution is 0.661. The second-order valence-corrected chi connectivity index (χ2v) is 34.5. The van der Waals surface area contributed by atoms with Crippen LogP contribution in [0, 0.1) is 0 Å². The fraction of sp³-hybridized carbons (Fsp3) is 0.0252. The van der Waals surface area contributed by atoms with E-state index in [1.54, 1.807) is 0 Å². The van der Waals surface area contributed by atoms with Crippen LogP contribution >= 0.6 is 0 Å². The van der Waals surface area contributed by atoms with Crippen molar-refractivity contribution < 1.29 is 8.83 Å². The Bertz CT molecular complexity index is 9100. The molecule has 628 valence electrons. The molecule has 0 spiro atoms. The Morgan fingerprint density at radius 2 is 0.522 bits per heavy atom. The second-order valence-electron chi connectivity index (χ2n) is 34.5. The average Bonchev–Trinajstić information content (AvgIpc) is 1.55. The maximum atomic E-state index is 6.51. The van der Waals surface area contributed by atoms with Crippen molar-refractivity contribution in [2.24, 2.45) is 0 Å². The topological polar surface area (TPSA) is 170 Å². The van der Waals surface area contributed by atoms with E-state index in [1.807, 2.05) is 194 Å². The van der Waals surface area contributed by atoms with E-state index in [2.05, 4.69) is 252 Å². The molecule has 17 aromatic carbocycles. The van der Waals surface area contributed by atoms with Crippen molar-refractivity contribution in [3.8, 4) is 142 Å². The molecule has 0 amide bonds. The highest BCUT2D eigenvalue weighted by molar-refractivity contribution is 6.20. The van der Waals surface area contributed by atoms with E-state index in [-0.39, 0.29) is 5.41 Å². The van der Waals surface area contributed by atoms with Crippen LogP contribution in [0.3, 0.4) is 0 Å². The number of nitrogens with zero attached hydrogens (tertiary/aromatic N) is 13. The lowest BCUT2D eigenvalue weighted by Gasteiger charge is -2.21. The number of fused-ring (bicyclic) bond motifs is 18. The van der Waals surface area contributed by atoms with Gasteiger partial charge in [0.25, 0.3) is 0 Å². The predicted octanol–water partition coefficient (Wildman–Crippen LogP) is 29.4. The summed E-state index contributed by atoms with van der Waals surface area (Å²) < 4.78 is 20.1. The van der Waals surface area contributed by atoms with Crippen molar-refractivity contribution in [1.29, 1.82) is 0 Å². The minimum absolute atomic E-state index is 0.150. The van der Waals surface area contributed by atoms with E-state index >= 15 is 0 Å². The van der Waals surface area contributed by atoms with Crippen LogP contribution in [0.5, 0.6) is 0 Å². The summed E-state index contributed by atoms with van der Waals surface area (Å²) in [6, 6.07) is 145. The summed E-state index contributed by atoms with van der Waals surface area (Å²) in [5, 5.41) is 8.81. The van der Waals surface area contributed by atoms with Gasteiger partial charge in [-0.05, 0) is 138 Å². The highest BCUT2D eigenvalue weighted by Crippen LogP contribution is 2.53. The largest absolute Gasteiger partial charge is 0.452 e. The molecule has 0 aliphatic heterocycles. The number of hydrogen-bond acceptors (Lipinski definition) is 12. The molecule has 1 aliphatic rings. The summed E-state index contributed by atoms with van der Waals surface area (Å²) in [5.41, 5.74) is 29.0. The molecular weight excluding hydrogens is 1640 g/mol. The molecule has 26 aromatic rings. The van der Waals surface area contributed by atoms with E-state index in [1.165, 1.54) is 38.4 Å². The minimum Gasteiger partial charge on any atom is -0.452 e. The summed E-state index contributed by atoms with van der Waals surface area (Å²) in [4.78, 5) is 52.7. The third-order valence-electron chi connectivity index (χ3n) is 26.3. The monoisotopic (exact) mass is 1720 g/mol. The Hall–Kier alpha value is -18.1. The zero-order valence-electron chi connectivity index (χ0n) is 72.5. The third kappa shape index (κ3) is 12.7. The van der Waals surface area contributed by atoms with Crippen LogP contribution < -0.4 is 0 Å². The van der Waals surface area contributed by atoms with E-state index in [0.717, 1.165) is 166 Å². The first-order valence-electron chi connectivity index (χ1n) is 44.9. The molecule has 0 N–H and O–H groups in total. The van der Waals surface area contributed by atoms with Crippen LogP contribution in [-0.2, 0) is 5.41 Å². The fourth-order valence-corrected chi connectivity index (χ4v) is 19.9. The molecule has 0 radical (unpaired) electrons. The molecule has 9 heterocycles. The Morgan fingerprint density at radius 3 is 0.948 bits per heavy atom. The zero-order valence-corrected chi connectivity index (χ0v) is 72.5. The molecular formula is C119H75N13O2. The van der Waals surface area contributed by atoms with E-state index < -0.39 is 0 Å². The molecule has 0 saturated heterocycles. The van der Waals surface area contributed by atoms with Gasteiger partial charge in [-0.3, -0.25) is 0 Å². The van der Waals surface area contributed by atoms with Gasteiger partial charge in [0, 0.05) is 110 Å². The van der Waals surface area contributed by atoms with Crippen molar-refractivity contribution >= 4 is 110 Å². The van der Waals surface area contributed by atoms with Crippen LogP contribution in [0.15, 0.2) is 427 Å². The summed E-state index contributed by atoms with van der Waals surface area (Å²) in [6.07, 6.45) is 0.